The van der Waals surface area contributed by atoms with Crippen molar-refractivity contribution in [2.24, 2.45) is 5.73 Å². The summed E-state index contributed by atoms with van der Waals surface area (Å²) in [7, 11) is 1.64. The van der Waals surface area contributed by atoms with Crippen LogP contribution in [0.3, 0.4) is 0 Å². The number of primary amides is 1. The van der Waals surface area contributed by atoms with Gasteiger partial charge in [-0.05, 0) is 23.8 Å². The van der Waals surface area contributed by atoms with Gasteiger partial charge in [-0.15, -0.1) is 0 Å². The standard InChI is InChI=1S/C24H28N4O4/c1-31-18-8-6-17(7-9-18)22(27-10-12-32-13-11-27)14-26-23(29)16-28-15-20(24(25)30)19-4-2-3-5-21(19)28/h2-9,15,22H,10-14,16H2,1H3,(H2,25,30)(H,26,29)/t22-/m0/s1. The number of aromatic nitrogens is 1. The number of nitrogens with two attached hydrogens (primary N) is 1. The number of carbonyl (C=O) groups excluding carboxylic acids is 2. The highest BCUT2D eigenvalue weighted by atomic mass is 16.5. The Kier molecular flexibility index (Phi) is 6.72. The van der Waals surface area contributed by atoms with Gasteiger partial charge >= 0.3 is 0 Å². The van der Waals surface area contributed by atoms with Crippen LogP contribution < -0.4 is 15.8 Å². The van der Waals surface area contributed by atoms with Crippen molar-refractivity contribution in [1.29, 1.82) is 0 Å². The largest absolute Gasteiger partial charge is 0.497 e. The molecule has 2 heterocycles. The number of benzene rings is 2. The van der Waals surface area contributed by atoms with Gasteiger partial charge in [-0.2, -0.15) is 0 Å². The molecule has 1 saturated heterocycles. The van der Waals surface area contributed by atoms with Gasteiger partial charge in [0.25, 0.3) is 5.91 Å². The van der Waals surface area contributed by atoms with Gasteiger partial charge in [0.15, 0.2) is 0 Å². The van der Waals surface area contributed by atoms with Crippen LogP contribution >= 0.6 is 0 Å². The number of para-hydroxylation sites is 1. The molecule has 0 aliphatic carbocycles. The molecule has 3 aromatic rings. The number of fused-ring (bicyclic) bond motifs is 1. The molecule has 2 amide bonds. The van der Waals surface area contributed by atoms with Crippen LogP contribution in [0.25, 0.3) is 10.9 Å². The van der Waals surface area contributed by atoms with E-state index in [2.05, 4.69) is 10.2 Å². The number of carbonyl (C=O) groups is 2. The Morgan fingerprint density at radius 1 is 1.12 bits per heavy atom. The van der Waals surface area contributed by atoms with Crippen LogP contribution in [0, 0.1) is 0 Å². The predicted octanol–water partition coefficient (Wildman–Crippen LogP) is 1.94. The Morgan fingerprint density at radius 3 is 2.53 bits per heavy atom. The number of nitrogens with one attached hydrogen (secondary N) is 1. The molecular weight excluding hydrogens is 408 g/mol. The monoisotopic (exact) mass is 436 g/mol. The topological polar surface area (TPSA) is 98.8 Å². The van der Waals surface area contributed by atoms with Gasteiger partial charge in [0.05, 0.1) is 31.9 Å². The van der Waals surface area contributed by atoms with E-state index in [-0.39, 0.29) is 18.5 Å². The van der Waals surface area contributed by atoms with Gasteiger partial charge in [0.2, 0.25) is 5.91 Å². The summed E-state index contributed by atoms with van der Waals surface area (Å²) in [5, 5.41) is 3.82. The fourth-order valence-electron chi connectivity index (χ4n) is 4.17. The minimum atomic E-state index is -0.507. The number of morpholine rings is 1. The number of amides is 2. The third kappa shape index (κ3) is 4.76. The second-order valence-corrected chi connectivity index (χ2v) is 7.79. The third-order valence-corrected chi connectivity index (χ3v) is 5.85. The molecule has 0 radical (unpaired) electrons. The van der Waals surface area contributed by atoms with Crippen LogP contribution in [0.4, 0.5) is 0 Å². The average Bonchev–Trinajstić information content (AvgIpc) is 3.19. The predicted molar refractivity (Wildman–Crippen MR) is 122 cm³/mol. The number of hydrogen-bond donors (Lipinski definition) is 2. The number of methoxy groups -OCH3 is 1. The summed E-state index contributed by atoms with van der Waals surface area (Å²) in [6.45, 7) is 3.52. The normalized spacial score (nSPS) is 15.4. The molecule has 1 aliphatic heterocycles. The summed E-state index contributed by atoms with van der Waals surface area (Å²) in [4.78, 5) is 27.0. The molecule has 2 aromatic carbocycles. The zero-order valence-electron chi connectivity index (χ0n) is 18.1. The van der Waals surface area contributed by atoms with Crippen LogP contribution in [-0.4, -0.2) is 61.2 Å². The fraction of sp³-hybridized carbons (Fsp3) is 0.333. The van der Waals surface area contributed by atoms with Crippen LogP contribution in [-0.2, 0) is 16.1 Å². The Hall–Kier alpha value is -3.36. The number of ether oxygens (including phenoxy) is 2. The van der Waals surface area contributed by atoms with E-state index < -0.39 is 5.91 Å². The molecule has 32 heavy (non-hydrogen) atoms. The van der Waals surface area contributed by atoms with Gasteiger partial charge in [0, 0.05) is 36.7 Å². The van der Waals surface area contributed by atoms with Gasteiger partial charge < -0.3 is 25.1 Å². The summed E-state index contributed by atoms with van der Waals surface area (Å²) < 4.78 is 12.5. The van der Waals surface area contributed by atoms with Crippen LogP contribution in [0.5, 0.6) is 5.75 Å². The fourth-order valence-corrected chi connectivity index (χ4v) is 4.17. The molecule has 8 nitrogen and oxygen atoms in total. The molecule has 0 unspecified atom stereocenters. The minimum Gasteiger partial charge on any atom is -0.497 e. The third-order valence-electron chi connectivity index (χ3n) is 5.85. The van der Waals surface area contributed by atoms with E-state index in [4.69, 9.17) is 15.2 Å². The number of rotatable bonds is 8. The van der Waals surface area contributed by atoms with Crippen molar-refractivity contribution in [3.05, 3.63) is 65.9 Å². The second-order valence-electron chi connectivity index (χ2n) is 7.79. The van der Waals surface area contributed by atoms with E-state index in [1.165, 1.54) is 0 Å². The van der Waals surface area contributed by atoms with Gasteiger partial charge in [-0.1, -0.05) is 30.3 Å². The minimum absolute atomic E-state index is 0.0244. The molecule has 1 aliphatic rings. The number of nitrogens with zero attached hydrogens (tertiary/aromatic N) is 2. The molecular formula is C24H28N4O4. The number of hydrogen-bond acceptors (Lipinski definition) is 5. The molecule has 1 fully saturated rings. The maximum Gasteiger partial charge on any atom is 0.250 e. The second kappa shape index (κ2) is 9.84. The van der Waals surface area contributed by atoms with Crippen LogP contribution in [0.2, 0.25) is 0 Å². The Balaban J connectivity index is 1.48. The maximum absolute atomic E-state index is 12.8. The Morgan fingerprint density at radius 2 is 1.84 bits per heavy atom. The molecule has 0 saturated carbocycles. The first kappa shape index (κ1) is 21.9. The molecule has 0 spiro atoms. The molecule has 1 atom stereocenters. The van der Waals surface area contributed by atoms with Crippen molar-refractivity contribution in [2.75, 3.05) is 40.0 Å². The lowest BCUT2D eigenvalue weighted by atomic mass is 10.0. The lowest BCUT2D eigenvalue weighted by Crippen LogP contribution is -2.44. The molecule has 0 bridgehead atoms. The Bertz CT molecular complexity index is 1090. The summed E-state index contributed by atoms with van der Waals surface area (Å²) in [6.07, 6.45) is 1.65. The van der Waals surface area contributed by atoms with Crippen molar-refractivity contribution in [3.63, 3.8) is 0 Å². The van der Waals surface area contributed by atoms with E-state index in [1.54, 1.807) is 17.9 Å². The highest BCUT2D eigenvalue weighted by molar-refractivity contribution is 6.06. The lowest BCUT2D eigenvalue weighted by molar-refractivity contribution is -0.122. The van der Waals surface area contributed by atoms with Crippen LogP contribution in [0.1, 0.15) is 22.0 Å². The lowest BCUT2D eigenvalue weighted by Gasteiger charge is -2.35. The quantitative estimate of drug-likeness (QED) is 0.562. The first-order valence-corrected chi connectivity index (χ1v) is 10.7. The van der Waals surface area contributed by atoms with Crippen molar-refractivity contribution < 1.29 is 19.1 Å². The highest BCUT2D eigenvalue weighted by Gasteiger charge is 2.23. The zero-order valence-corrected chi connectivity index (χ0v) is 18.1. The van der Waals surface area contributed by atoms with Crippen molar-refractivity contribution >= 4 is 22.7 Å². The van der Waals surface area contributed by atoms with Crippen molar-refractivity contribution in [2.45, 2.75) is 12.6 Å². The van der Waals surface area contributed by atoms with E-state index >= 15 is 0 Å². The summed E-state index contributed by atoms with van der Waals surface area (Å²) in [5.74, 6) is 0.157. The smallest absolute Gasteiger partial charge is 0.250 e. The summed E-state index contributed by atoms with van der Waals surface area (Å²) >= 11 is 0. The van der Waals surface area contributed by atoms with Crippen molar-refractivity contribution in [3.8, 4) is 5.75 Å². The maximum atomic E-state index is 12.8. The first-order chi connectivity index (χ1) is 15.6. The molecule has 168 valence electrons. The zero-order chi connectivity index (χ0) is 22.5. The summed E-state index contributed by atoms with van der Waals surface area (Å²) in [5.41, 5.74) is 7.84. The van der Waals surface area contributed by atoms with E-state index in [1.807, 2.05) is 48.5 Å². The SMILES string of the molecule is COc1ccc([C@H](CNC(=O)Cn2cc(C(N)=O)c3ccccc32)N2CCOCC2)cc1. The molecule has 8 heteroatoms. The van der Waals surface area contributed by atoms with Crippen molar-refractivity contribution in [1.82, 2.24) is 14.8 Å². The van der Waals surface area contributed by atoms with Gasteiger partial charge in [-0.25, -0.2) is 0 Å². The molecule has 3 N–H and O–H groups in total. The molecule has 4 rings (SSSR count). The Labute approximate surface area is 186 Å². The van der Waals surface area contributed by atoms with E-state index in [0.717, 1.165) is 35.3 Å². The molecule has 1 aromatic heterocycles. The summed E-state index contributed by atoms with van der Waals surface area (Å²) in [6, 6.07) is 15.4. The van der Waals surface area contributed by atoms with Crippen LogP contribution in [0.15, 0.2) is 54.7 Å². The first-order valence-electron chi connectivity index (χ1n) is 10.7. The average molecular weight is 437 g/mol. The van der Waals surface area contributed by atoms with E-state index in [9.17, 15) is 9.59 Å². The van der Waals surface area contributed by atoms with Gasteiger partial charge in [0.1, 0.15) is 12.3 Å². The highest BCUT2D eigenvalue weighted by Crippen LogP contribution is 2.24. The van der Waals surface area contributed by atoms with Gasteiger partial charge in [-0.3, -0.25) is 14.5 Å². The van der Waals surface area contributed by atoms with E-state index in [0.29, 0.717) is 25.3 Å².